The molecule has 31 heavy (non-hydrogen) atoms. The van der Waals surface area contributed by atoms with Gasteiger partial charge in [-0.2, -0.15) is 0 Å². The molecule has 1 aliphatic heterocycles. The van der Waals surface area contributed by atoms with Crippen LogP contribution in [0, 0.1) is 5.92 Å². The highest BCUT2D eigenvalue weighted by Gasteiger charge is 2.31. The van der Waals surface area contributed by atoms with Crippen molar-refractivity contribution in [3.63, 3.8) is 0 Å². The van der Waals surface area contributed by atoms with Gasteiger partial charge >= 0.3 is 6.09 Å². The highest BCUT2D eigenvalue weighted by atomic mass is 32.1. The molecule has 2 fully saturated rings. The van der Waals surface area contributed by atoms with Crippen molar-refractivity contribution in [2.24, 2.45) is 5.92 Å². The average Bonchev–Trinajstić information content (AvgIpc) is 3.43. The molecule has 1 saturated carbocycles. The Hall–Kier alpha value is -2.45. The third-order valence-electron chi connectivity index (χ3n) is 5.95. The summed E-state index contributed by atoms with van der Waals surface area (Å²) < 4.78 is 5.28. The Balaban J connectivity index is 1.18. The van der Waals surface area contributed by atoms with E-state index >= 15 is 0 Å². The Bertz CT molecular complexity index is 867. The van der Waals surface area contributed by atoms with E-state index in [9.17, 15) is 9.59 Å². The smallest absolute Gasteiger partial charge is 0.407 e. The minimum Gasteiger partial charge on any atom is -0.445 e. The van der Waals surface area contributed by atoms with Crippen LogP contribution >= 0.6 is 11.3 Å². The molecule has 0 bridgehead atoms. The molecule has 7 nitrogen and oxygen atoms in total. The molecular weight excluding hydrogens is 412 g/mol. The number of amides is 2. The zero-order valence-corrected chi connectivity index (χ0v) is 18.5. The Labute approximate surface area is 187 Å². The van der Waals surface area contributed by atoms with Gasteiger partial charge in [0, 0.05) is 23.9 Å². The van der Waals surface area contributed by atoms with Crippen LogP contribution in [0.3, 0.4) is 0 Å². The zero-order chi connectivity index (χ0) is 21.5. The van der Waals surface area contributed by atoms with Crippen molar-refractivity contribution in [3.05, 3.63) is 47.0 Å². The highest BCUT2D eigenvalue weighted by molar-refractivity contribution is 7.13. The normalized spacial score (nSPS) is 21.5. The number of likely N-dealkylation sites (tertiary alicyclic amines) is 1. The van der Waals surface area contributed by atoms with Gasteiger partial charge in [0.05, 0.1) is 5.69 Å². The van der Waals surface area contributed by atoms with E-state index in [1.54, 1.807) is 0 Å². The van der Waals surface area contributed by atoms with Crippen LogP contribution in [-0.2, 0) is 22.7 Å². The molecule has 1 aromatic heterocycles. The maximum absolute atomic E-state index is 12.7. The number of nitrogens with one attached hydrogen (secondary N) is 2. The molecule has 2 amide bonds. The van der Waals surface area contributed by atoms with Gasteiger partial charge in [0.25, 0.3) is 0 Å². The number of hydrogen-bond acceptors (Lipinski definition) is 6. The second-order valence-corrected chi connectivity index (χ2v) is 9.24. The van der Waals surface area contributed by atoms with Gasteiger partial charge in [0.15, 0.2) is 5.13 Å². The van der Waals surface area contributed by atoms with Gasteiger partial charge in [-0.3, -0.25) is 9.69 Å². The van der Waals surface area contributed by atoms with E-state index in [1.165, 1.54) is 30.6 Å². The summed E-state index contributed by atoms with van der Waals surface area (Å²) in [4.78, 5) is 31.7. The third-order valence-corrected chi connectivity index (χ3v) is 6.76. The predicted octanol–water partition coefficient (Wildman–Crippen LogP) is 4.16. The molecule has 0 unspecified atom stereocenters. The number of alkyl carbamates (subject to hydrolysis) is 1. The first-order valence-corrected chi connectivity index (χ1v) is 12.0. The van der Waals surface area contributed by atoms with E-state index in [4.69, 9.17) is 4.74 Å². The molecule has 2 heterocycles. The van der Waals surface area contributed by atoms with Crippen LogP contribution < -0.4 is 10.6 Å². The standard InChI is InChI=1S/C23H30N4O3S/c28-21(26-22-24-20(16-31-22)14-27-11-5-2-6-12-27)18-9-10-19(13-18)25-23(29)30-15-17-7-3-1-4-8-17/h1,3-4,7-8,16,18-19H,2,5-6,9-15H2,(H,25,29)(H,24,26,28)/t18-,19-/m0/s1. The van der Waals surface area contributed by atoms with Gasteiger partial charge in [-0.1, -0.05) is 36.8 Å². The van der Waals surface area contributed by atoms with Crippen molar-refractivity contribution in [2.75, 3.05) is 18.4 Å². The second-order valence-electron chi connectivity index (χ2n) is 8.38. The summed E-state index contributed by atoms with van der Waals surface area (Å²) in [5, 5.41) is 8.55. The molecule has 8 heteroatoms. The second kappa shape index (κ2) is 10.7. The van der Waals surface area contributed by atoms with E-state index in [-0.39, 0.29) is 24.5 Å². The van der Waals surface area contributed by atoms with E-state index in [2.05, 4.69) is 20.5 Å². The number of anilines is 1. The van der Waals surface area contributed by atoms with Crippen molar-refractivity contribution in [1.29, 1.82) is 0 Å². The number of carbonyl (C=O) groups excluding carboxylic acids is 2. The van der Waals surface area contributed by atoms with Gasteiger partial charge in [-0.15, -0.1) is 11.3 Å². The first-order valence-electron chi connectivity index (χ1n) is 11.1. The Morgan fingerprint density at radius 2 is 1.94 bits per heavy atom. The van der Waals surface area contributed by atoms with Crippen LogP contribution in [0.25, 0.3) is 0 Å². The number of aromatic nitrogens is 1. The van der Waals surface area contributed by atoms with Crippen LogP contribution in [0.1, 0.15) is 49.8 Å². The summed E-state index contributed by atoms with van der Waals surface area (Å²) in [6.45, 7) is 3.35. The van der Waals surface area contributed by atoms with E-state index < -0.39 is 6.09 Å². The van der Waals surface area contributed by atoms with Crippen molar-refractivity contribution in [1.82, 2.24) is 15.2 Å². The number of benzene rings is 1. The lowest BCUT2D eigenvalue weighted by molar-refractivity contribution is -0.119. The van der Waals surface area contributed by atoms with Crippen LogP contribution in [0.5, 0.6) is 0 Å². The quantitative estimate of drug-likeness (QED) is 0.673. The van der Waals surface area contributed by atoms with Crippen molar-refractivity contribution >= 4 is 28.5 Å². The van der Waals surface area contributed by atoms with Crippen LogP contribution in [0.15, 0.2) is 35.7 Å². The van der Waals surface area contributed by atoms with Crippen LogP contribution in [0.2, 0.25) is 0 Å². The molecule has 2 N–H and O–H groups in total. The summed E-state index contributed by atoms with van der Waals surface area (Å²) in [5.41, 5.74) is 1.97. The molecule has 1 saturated heterocycles. The van der Waals surface area contributed by atoms with Gasteiger partial charge in [-0.05, 0) is 50.8 Å². The molecule has 4 rings (SSSR count). The predicted molar refractivity (Wildman–Crippen MR) is 121 cm³/mol. The number of hydrogen-bond donors (Lipinski definition) is 2. The number of rotatable bonds is 7. The van der Waals surface area contributed by atoms with E-state index in [0.29, 0.717) is 11.6 Å². The molecule has 1 aromatic carbocycles. The fraction of sp³-hybridized carbons (Fsp3) is 0.522. The summed E-state index contributed by atoms with van der Waals surface area (Å²) in [7, 11) is 0. The monoisotopic (exact) mass is 442 g/mol. The minimum atomic E-state index is -0.433. The van der Waals surface area contributed by atoms with Crippen LogP contribution in [0.4, 0.5) is 9.93 Å². The lowest BCUT2D eigenvalue weighted by Crippen LogP contribution is -2.34. The van der Waals surface area contributed by atoms with Crippen LogP contribution in [-0.4, -0.2) is 41.0 Å². The van der Waals surface area contributed by atoms with Gasteiger partial charge < -0.3 is 15.4 Å². The molecule has 0 radical (unpaired) electrons. The fourth-order valence-electron chi connectivity index (χ4n) is 4.27. The highest BCUT2D eigenvalue weighted by Crippen LogP contribution is 2.28. The van der Waals surface area contributed by atoms with Gasteiger partial charge in [0.2, 0.25) is 5.91 Å². The molecule has 2 aliphatic rings. The Morgan fingerprint density at radius 1 is 1.13 bits per heavy atom. The summed E-state index contributed by atoms with van der Waals surface area (Å²) >= 11 is 1.48. The first kappa shape index (κ1) is 21.8. The molecular formula is C23H30N4O3S. The molecule has 1 aliphatic carbocycles. The largest absolute Gasteiger partial charge is 0.445 e. The van der Waals surface area contributed by atoms with E-state index in [0.717, 1.165) is 43.7 Å². The summed E-state index contributed by atoms with van der Waals surface area (Å²) in [6, 6.07) is 9.55. The lowest BCUT2D eigenvalue weighted by Gasteiger charge is -2.25. The fourth-order valence-corrected chi connectivity index (χ4v) is 4.98. The number of ether oxygens (including phenoxy) is 1. The van der Waals surface area contributed by atoms with Crippen molar-refractivity contribution < 1.29 is 14.3 Å². The summed E-state index contributed by atoms with van der Waals surface area (Å²) in [5.74, 6) is -0.130. The maximum Gasteiger partial charge on any atom is 0.407 e. The summed E-state index contributed by atoms with van der Waals surface area (Å²) in [6.07, 6.45) is 5.54. The molecule has 166 valence electrons. The average molecular weight is 443 g/mol. The number of nitrogens with zero attached hydrogens (tertiary/aromatic N) is 2. The molecule has 2 aromatic rings. The first-order chi connectivity index (χ1) is 15.2. The zero-order valence-electron chi connectivity index (χ0n) is 17.7. The number of thiazole rings is 1. The maximum atomic E-state index is 12.7. The topological polar surface area (TPSA) is 83.6 Å². The third kappa shape index (κ3) is 6.51. The van der Waals surface area contributed by atoms with Crippen molar-refractivity contribution in [3.8, 4) is 0 Å². The number of carbonyl (C=O) groups is 2. The van der Waals surface area contributed by atoms with Gasteiger partial charge in [0.1, 0.15) is 6.61 Å². The van der Waals surface area contributed by atoms with Crippen molar-refractivity contribution in [2.45, 2.75) is 57.7 Å². The van der Waals surface area contributed by atoms with Gasteiger partial charge in [-0.25, -0.2) is 9.78 Å². The SMILES string of the molecule is O=C(N[C@H]1CC[C@H](C(=O)Nc2nc(CN3CCCCC3)cs2)C1)OCc1ccccc1. The molecule has 0 spiro atoms. The Kier molecular flexibility index (Phi) is 7.53. The Morgan fingerprint density at radius 3 is 2.74 bits per heavy atom. The molecule has 2 atom stereocenters. The lowest BCUT2D eigenvalue weighted by atomic mass is 10.1. The minimum absolute atomic E-state index is 0.0131. The van der Waals surface area contributed by atoms with E-state index in [1.807, 2.05) is 35.7 Å². The number of piperidine rings is 1.